The molecule has 0 aliphatic heterocycles. The van der Waals surface area contributed by atoms with Gasteiger partial charge in [0.2, 0.25) is 5.76 Å². The van der Waals surface area contributed by atoms with Crippen LogP contribution in [0.25, 0.3) is 0 Å². The van der Waals surface area contributed by atoms with Gasteiger partial charge in [-0.2, -0.15) is 0 Å². The van der Waals surface area contributed by atoms with Gasteiger partial charge in [-0.05, 0) is 38.8 Å². The summed E-state index contributed by atoms with van der Waals surface area (Å²) in [5, 5.41) is 0. The summed E-state index contributed by atoms with van der Waals surface area (Å²) in [5.41, 5.74) is 5.70. The fourth-order valence-corrected chi connectivity index (χ4v) is 2.14. The van der Waals surface area contributed by atoms with Crippen LogP contribution in [0.15, 0.2) is 16.5 Å². The van der Waals surface area contributed by atoms with E-state index in [4.69, 9.17) is 10.2 Å². The minimum absolute atomic E-state index is 0.112. The van der Waals surface area contributed by atoms with Gasteiger partial charge < -0.3 is 14.9 Å². The number of ether oxygens (including phenoxy) is 1. The minimum atomic E-state index is -0.447. The van der Waals surface area contributed by atoms with Crippen molar-refractivity contribution in [2.45, 2.75) is 37.6 Å². The lowest BCUT2D eigenvalue weighted by atomic mass is 9.83. The zero-order valence-electron chi connectivity index (χ0n) is 9.87. The quantitative estimate of drug-likeness (QED) is 0.794. The number of methoxy groups -OCH3 is 1. The molecule has 0 saturated heterocycles. The van der Waals surface area contributed by atoms with Crippen molar-refractivity contribution in [3.63, 3.8) is 0 Å². The van der Waals surface area contributed by atoms with Gasteiger partial charge in [-0.15, -0.1) is 0 Å². The molecule has 0 unspecified atom stereocenters. The first-order chi connectivity index (χ1) is 7.40. The molecule has 0 radical (unpaired) electrons. The molecule has 4 nitrogen and oxygen atoms in total. The molecule has 1 aromatic rings. The Morgan fingerprint density at radius 1 is 1.50 bits per heavy atom. The Morgan fingerprint density at radius 2 is 2.12 bits per heavy atom. The van der Waals surface area contributed by atoms with E-state index in [2.05, 4.69) is 4.74 Å². The average molecular weight is 223 g/mol. The number of furan rings is 1. The Hall–Kier alpha value is -1.29. The molecule has 16 heavy (non-hydrogen) atoms. The predicted molar refractivity (Wildman–Crippen MR) is 59.2 cm³/mol. The molecule has 0 amide bonds. The van der Waals surface area contributed by atoms with E-state index in [1.165, 1.54) is 7.11 Å². The van der Waals surface area contributed by atoms with E-state index in [9.17, 15) is 4.79 Å². The van der Waals surface area contributed by atoms with Crippen LogP contribution in [0.3, 0.4) is 0 Å². The van der Waals surface area contributed by atoms with Crippen molar-refractivity contribution >= 4 is 5.97 Å². The summed E-state index contributed by atoms with van der Waals surface area (Å²) >= 11 is 0. The Labute approximate surface area is 94.8 Å². The maximum absolute atomic E-state index is 11.3. The van der Waals surface area contributed by atoms with Gasteiger partial charge in [0, 0.05) is 11.0 Å². The highest BCUT2D eigenvalue weighted by molar-refractivity contribution is 5.86. The summed E-state index contributed by atoms with van der Waals surface area (Å²) in [5.74, 6) is 0.588. The third-order valence-corrected chi connectivity index (χ3v) is 3.45. The van der Waals surface area contributed by atoms with Crippen LogP contribution in [0.4, 0.5) is 0 Å². The van der Waals surface area contributed by atoms with Crippen LogP contribution in [0.5, 0.6) is 0 Å². The highest BCUT2D eigenvalue weighted by Crippen LogP contribution is 2.55. The lowest BCUT2D eigenvalue weighted by Gasteiger charge is -2.28. The Morgan fingerprint density at radius 3 is 2.56 bits per heavy atom. The van der Waals surface area contributed by atoms with Crippen molar-refractivity contribution in [1.82, 2.24) is 0 Å². The van der Waals surface area contributed by atoms with Crippen LogP contribution >= 0.6 is 0 Å². The summed E-state index contributed by atoms with van der Waals surface area (Å²) in [6.45, 7) is 3.97. The number of rotatable bonds is 3. The summed E-state index contributed by atoms with van der Waals surface area (Å²) in [7, 11) is 1.34. The van der Waals surface area contributed by atoms with Crippen LogP contribution in [0.1, 0.15) is 43.0 Å². The monoisotopic (exact) mass is 223 g/mol. The van der Waals surface area contributed by atoms with Crippen molar-refractivity contribution in [3.8, 4) is 0 Å². The third-order valence-electron chi connectivity index (χ3n) is 3.45. The predicted octanol–water partition coefficient (Wildman–Crippen LogP) is 1.84. The molecule has 1 fully saturated rings. The van der Waals surface area contributed by atoms with Gasteiger partial charge in [-0.3, -0.25) is 0 Å². The molecule has 4 heteroatoms. The molecule has 1 aromatic heterocycles. The zero-order chi connectivity index (χ0) is 12.0. The van der Waals surface area contributed by atoms with E-state index in [0.717, 1.165) is 18.6 Å². The van der Waals surface area contributed by atoms with Crippen molar-refractivity contribution in [3.05, 3.63) is 23.7 Å². The van der Waals surface area contributed by atoms with Gasteiger partial charge in [0.15, 0.2) is 0 Å². The number of hydrogen-bond acceptors (Lipinski definition) is 4. The highest BCUT2D eigenvalue weighted by Gasteiger charge is 2.56. The largest absolute Gasteiger partial charge is 0.463 e. The zero-order valence-corrected chi connectivity index (χ0v) is 9.87. The number of hydrogen-bond donors (Lipinski definition) is 1. The fourth-order valence-electron chi connectivity index (χ4n) is 2.14. The summed E-state index contributed by atoms with van der Waals surface area (Å²) in [4.78, 5) is 11.3. The molecule has 1 heterocycles. The summed E-state index contributed by atoms with van der Waals surface area (Å²) < 4.78 is 10.1. The lowest BCUT2D eigenvalue weighted by molar-refractivity contribution is 0.0560. The third kappa shape index (κ3) is 1.53. The highest BCUT2D eigenvalue weighted by atomic mass is 16.5. The molecule has 0 bridgehead atoms. The smallest absolute Gasteiger partial charge is 0.373 e. The molecule has 0 aromatic carbocycles. The second-order valence-electron chi connectivity index (χ2n) is 4.96. The SMILES string of the molecule is COC(=O)c1ccc(C2(C(C)(C)N)CC2)o1. The normalized spacial score (nSPS) is 18.2. The van der Waals surface area contributed by atoms with E-state index >= 15 is 0 Å². The lowest BCUT2D eigenvalue weighted by Crippen LogP contribution is -2.45. The summed E-state index contributed by atoms with van der Waals surface area (Å²) in [6.07, 6.45) is 2.01. The topological polar surface area (TPSA) is 65.5 Å². The number of nitrogens with two attached hydrogens (primary N) is 1. The van der Waals surface area contributed by atoms with Crippen molar-refractivity contribution in [2.24, 2.45) is 5.73 Å². The minimum Gasteiger partial charge on any atom is -0.463 e. The van der Waals surface area contributed by atoms with E-state index in [1.807, 2.05) is 19.9 Å². The van der Waals surface area contributed by atoms with Crippen LogP contribution in [0, 0.1) is 0 Å². The van der Waals surface area contributed by atoms with Gasteiger partial charge in [0.05, 0.1) is 7.11 Å². The van der Waals surface area contributed by atoms with Crippen molar-refractivity contribution in [2.75, 3.05) is 7.11 Å². The van der Waals surface area contributed by atoms with Crippen molar-refractivity contribution in [1.29, 1.82) is 0 Å². The first-order valence-corrected chi connectivity index (χ1v) is 5.38. The number of carbonyl (C=O) groups is 1. The molecule has 1 saturated carbocycles. The maximum Gasteiger partial charge on any atom is 0.373 e. The first-order valence-electron chi connectivity index (χ1n) is 5.38. The van der Waals surface area contributed by atoms with Crippen LogP contribution in [-0.4, -0.2) is 18.6 Å². The molecule has 1 aliphatic rings. The number of esters is 1. The van der Waals surface area contributed by atoms with E-state index < -0.39 is 5.97 Å². The van der Waals surface area contributed by atoms with Gasteiger partial charge in [-0.1, -0.05) is 0 Å². The van der Waals surface area contributed by atoms with E-state index in [0.29, 0.717) is 0 Å². The molecule has 2 rings (SSSR count). The van der Waals surface area contributed by atoms with Crippen molar-refractivity contribution < 1.29 is 13.9 Å². The Kier molecular flexibility index (Phi) is 2.35. The van der Waals surface area contributed by atoms with Gasteiger partial charge in [0.1, 0.15) is 5.76 Å². The molecular weight excluding hydrogens is 206 g/mol. The number of carbonyl (C=O) groups excluding carboxylic acids is 1. The van der Waals surface area contributed by atoms with Gasteiger partial charge in [-0.25, -0.2) is 4.79 Å². The van der Waals surface area contributed by atoms with Crippen LogP contribution in [0.2, 0.25) is 0 Å². The molecule has 0 spiro atoms. The maximum atomic E-state index is 11.3. The molecular formula is C12H17NO3. The van der Waals surface area contributed by atoms with Crippen LogP contribution < -0.4 is 5.73 Å². The standard InChI is InChI=1S/C12H17NO3/c1-11(2,13)12(6-7-12)9-5-4-8(16-9)10(14)15-3/h4-5H,6-7,13H2,1-3H3. The average Bonchev–Trinajstić information content (AvgIpc) is 2.90. The van der Waals surface area contributed by atoms with Gasteiger partial charge in [0.25, 0.3) is 0 Å². The molecule has 1 aliphatic carbocycles. The van der Waals surface area contributed by atoms with Gasteiger partial charge >= 0.3 is 5.97 Å². The fraction of sp³-hybridized carbons (Fsp3) is 0.583. The van der Waals surface area contributed by atoms with E-state index in [1.54, 1.807) is 6.07 Å². The molecule has 0 atom stereocenters. The first kappa shape index (κ1) is 11.2. The second kappa shape index (κ2) is 3.35. The molecule has 2 N–H and O–H groups in total. The second-order valence-corrected chi connectivity index (χ2v) is 4.96. The van der Waals surface area contributed by atoms with Crippen LogP contribution in [-0.2, 0) is 10.2 Å². The Balaban J connectivity index is 2.30. The Bertz CT molecular complexity index is 410. The summed E-state index contributed by atoms with van der Waals surface area (Å²) in [6, 6.07) is 3.47. The van der Waals surface area contributed by atoms with E-state index in [-0.39, 0.29) is 16.7 Å². The molecule has 88 valence electrons.